The maximum absolute atomic E-state index is 5.68. The van der Waals surface area contributed by atoms with Gasteiger partial charge in [0.1, 0.15) is 22.4 Å². The van der Waals surface area contributed by atoms with Crippen molar-refractivity contribution >= 4 is 27.6 Å². The number of nitrogens with one attached hydrogen (secondary N) is 1. The van der Waals surface area contributed by atoms with Gasteiger partial charge >= 0.3 is 0 Å². The molecule has 5 heteroatoms. The summed E-state index contributed by atoms with van der Waals surface area (Å²) in [5.41, 5.74) is 5.68. The molecule has 1 aromatic heterocycles. The standard InChI is InChI=1S/C10H15BrN4/c1-6-2-3-7(4-6)15-10-8(11)9(12)13-5-14-10/h5-7H,2-4H2,1H3,(H3,12,13,14,15). The summed E-state index contributed by atoms with van der Waals surface area (Å²) in [6, 6.07) is 0.519. The summed E-state index contributed by atoms with van der Waals surface area (Å²) in [5.74, 6) is 2.10. The Morgan fingerprint density at radius 3 is 2.93 bits per heavy atom. The first-order chi connectivity index (χ1) is 7.16. The Hall–Kier alpha value is -0.840. The zero-order chi connectivity index (χ0) is 10.8. The monoisotopic (exact) mass is 270 g/mol. The summed E-state index contributed by atoms with van der Waals surface area (Å²) in [6.07, 6.45) is 5.19. The zero-order valence-corrected chi connectivity index (χ0v) is 10.3. The predicted octanol–water partition coefficient (Wildman–Crippen LogP) is 2.42. The molecule has 0 radical (unpaired) electrons. The highest BCUT2D eigenvalue weighted by Crippen LogP contribution is 2.30. The average molecular weight is 271 g/mol. The second-order valence-electron chi connectivity index (χ2n) is 4.18. The summed E-state index contributed by atoms with van der Waals surface area (Å²) >= 11 is 3.39. The first-order valence-electron chi connectivity index (χ1n) is 5.19. The molecule has 82 valence electrons. The molecule has 0 spiro atoms. The van der Waals surface area contributed by atoms with Gasteiger partial charge in [0.2, 0.25) is 0 Å². The maximum Gasteiger partial charge on any atom is 0.146 e. The summed E-state index contributed by atoms with van der Waals surface area (Å²) in [6.45, 7) is 2.28. The fraction of sp³-hybridized carbons (Fsp3) is 0.600. The lowest BCUT2D eigenvalue weighted by atomic mass is 10.1. The van der Waals surface area contributed by atoms with E-state index in [-0.39, 0.29) is 0 Å². The number of hydrogen-bond donors (Lipinski definition) is 2. The minimum atomic E-state index is 0.485. The molecule has 15 heavy (non-hydrogen) atoms. The molecular formula is C10H15BrN4. The number of aromatic nitrogens is 2. The average Bonchev–Trinajstić information content (AvgIpc) is 2.59. The molecule has 3 N–H and O–H groups in total. The van der Waals surface area contributed by atoms with Crippen LogP contribution in [0.2, 0.25) is 0 Å². The molecule has 0 amide bonds. The molecule has 1 fully saturated rings. The molecule has 1 saturated carbocycles. The van der Waals surface area contributed by atoms with Gasteiger partial charge in [0, 0.05) is 6.04 Å². The van der Waals surface area contributed by atoms with E-state index in [4.69, 9.17) is 5.73 Å². The van der Waals surface area contributed by atoms with Crippen LogP contribution in [-0.2, 0) is 0 Å². The van der Waals surface area contributed by atoms with E-state index in [0.717, 1.165) is 16.2 Å². The SMILES string of the molecule is CC1CCC(Nc2ncnc(N)c2Br)C1. The summed E-state index contributed by atoms with van der Waals surface area (Å²) in [7, 11) is 0. The molecule has 1 aliphatic carbocycles. The molecule has 1 heterocycles. The van der Waals surface area contributed by atoms with Crippen molar-refractivity contribution in [2.24, 2.45) is 5.92 Å². The van der Waals surface area contributed by atoms with Gasteiger partial charge in [0.25, 0.3) is 0 Å². The first kappa shape index (κ1) is 10.7. The highest BCUT2D eigenvalue weighted by molar-refractivity contribution is 9.10. The van der Waals surface area contributed by atoms with Crippen molar-refractivity contribution in [2.45, 2.75) is 32.2 Å². The van der Waals surface area contributed by atoms with Crippen LogP contribution in [-0.4, -0.2) is 16.0 Å². The van der Waals surface area contributed by atoms with Gasteiger partial charge in [-0.1, -0.05) is 6.92 Å². The zero-order valence-electron chi connectivity index (χ0n) is 8.70. The van der Waals surface area contributed by atoms with Crippen molar-refractivity contribution < 1.29 is 0 Å². The molecular weight excluding hydrogens is 256 g/mol. The Labute approximate surface area is 97.8 Å². The second-order valence-corrected chi connectivity index (χ2v) is 4.97. The Bertz CT molecular complexity index is 355. The number of nitrogens with two attached hydrogens (primary N) is 1. The van der Waals surface area contributed by atoms with E-state index in [1.54, 1.807) is 0 Å². The normalized spacial score (nSPS) is 25.5. The van der Waals surface area contributed by atoms with Crippen LogP contribution in [0.3, 0.4) is 0 Å². The second kappa shape index (κ2) is 4.35. The highest BCUT2D eigenvalue weighted by Gasteiger charge is 2.22. The van der Waals surface area contributed by atoms with Crippen LogP contribution < -0.4 is 11.1 Å². The Morgan fingerprint density at radius 2 is 2.27 bits per heavy atom. The fourth-order valence-electron chi connectivity index (χ4n) is 2.02. The predicted molar refractivity (Wildman–Crippen MR) is 64.6 cm³/mol. The molecule has 2 rings (SSSR count). The van der Waals surface area contributed by atoms with Crippen LogP contribution >= 0.6 is 15.9 Å². The van der Waals surface area contributed by atoms with Crippen molar-refractivity contribution in [1.29, 1.82) is 0 Å². The molecule has 1 aliphatic rings. The van der Waals surface area contributed by atoms with Crippen molar-refractivity contribution in [3.63, 3.8) is 0 Å². The van der Waals surface area contributed by atoms with Crippen LogP contribution in [0.15, 0.2) is 10.8 Å². The van der Waals surface area contributed by atoms with E-state index in [1.165, 1.54) is 25.6 Å². The van der Waals surface area contributed by atoms with Crippen molar-refractivity contribution in [1.82, 2.24) is 9.97 Å². The molecule has 0 bridgehead atoms. The third kappa shape index (κ3) is 2.40. The molecule has 2 unspecified atom stereocenters. The quantitative estimate of drug-likeness (QED) is 0.867. The Morgan fingerprint density at radius 1 is 1.47 bits per heavy atom. The number of anilines is 2. The fourth-order valence-corrected chi connectivity index (χ4v) is 2.33. The Balaban J connectivity index is 2.07. The number of nitrogens with zero attached hydrogens (tertiary/aromatic N) is 2. The van der Waals surface area contributed by atoms with E-state index in [1.807, 2.05) is 0 Å². The van der Waals surface area contributed by atoms with Gasteiger partial charge in [0.05, 0.1) is 0 Å². The lowest BCUT2D eigenvalue weighted by Gasteiger charge is -2.14. The molecule has 0 aromatic carbocycles. The number of hydrogen-bond acceptors (Lipinski definition) is 4. The van der Waals surface area contributed by atoms with Crippen LogP contribution in [0.5, 0.6) is 0 Å². The van der Waals surface area contributed by atoms with Crippen LogP contribution in [0.1, 0.15) is 26.2 Å². The lowest BCUT2D eigenvalue weighted by molar-refractivity contribution is 0.602. The van der Waals surface area contributed by atoms with Crippen LogP contribution in [0, 0.1) is 5.92 Å². The number of halogens is 1. The summed E-state index contributed by atoms with van der Waals surface area (Å²) in [4.78, 5) is 8.09. The molecule has 2 atom stereocenters. The van der Waals surface area contributed by atoms with Gasteiger partial charge in [-0.15, -0.1) is 0 Å². The Kier molecular flexibility index (Phi) is 3.09. The molecule has 4 nitrogen and oxygen atoms in total. The number of nitrogen functional groups attached to an aromatic ring is 1. The van der Waals surface area contributed by atoms with Crippen LogP contribution in [0.4, 0.5) is 11.6 Å². The maximum atomic E-state index is 5.68. The van der Waals surface area contributed by atoms with Gasteiger partial charge in [-0.25, -0.2) is 9.97 Å². The summed E-state index contributed by atoms with van der Waals surface area (Å²) < 4.78 is 0.768. The minimum absolute atomic E-state index is 0.485. The topological polar surface area (TPSA) is 63.8 Å². The van der Waals surface area contributed by atoms with Crippen molar-refractivity contribution in [3.8, 4) is 0 Å². The molecule has 0 saturated heterocycles. The highest BCUT2D eigenvalue weighted by atomic mass is 79.9. The van der Waals surface area contributed by atoms with E-state index in [0.29, 0.717) is 11.9 Å². The van der Waals surface area contributed by atoms with Crippen LogP contribution in [0.25, 0.3) is 0 Å². The number of rotatable bonds is 2. The van der Waals surface area contributed by atoms with Gasteiger partial charge in [-0.05, 0) is 41.1 Å². The minimum Gasteiger partial charge on any atom is -0.383 e. The van der Waals surface area contributed by atoms with Gasteiger partial charge in [-0.3, -0.25) is 0 Å². The van der Waals surface area contributed by atoms with E-state index in [9.17, 15) is 0 Å². The molecule has 0 aliphatic heterocycles. The summed E-state index contributed by atoms with van der Waals surface area (Å²) in [5, 5.41) is 3.40. The third-order valence-electron chi connectivity index (χ3n) is 2.85. The van der Waals surface area contributed by atoms with E-state index >= 15 is 0 Å². The lowest BCUT2D eigenvalue weighted by Crippen LogP contribution is -2.17. The third-order valence-corrected chi connectivity index (χ3v) is 3.63. The van der Waals surface area contributed by atoms with Crippen molar-refractivity contribution in [2.75, 3.05) is 11.1 Å². The first-order valence-corrected chi connectivity index (χ1v) is 5.98. The smallest absolute Gasteiger partial charge is 0.146 e. The molecule has 1 aromatic rings. The van der Waals surface area contributed by atoms with Gasteiger partial charge in [-0.2, -0.15) is 0 Å². The van der Waals surface area contributed by atoms with Gasteiger partial charge in [0.15, 0.2) is 0 Å². The largest absolute Gasteiger partial charge is 0.383 e. The van der Waals surface area contributed by atoms with Gasteiger partial charge < -0.3 is 11.1 Å². The van der Waals surface area contributed by atoms with E-state index in [2.05, 4.69) is 38.1 Å². The van der Waals surface area contributed by atoms with E-state index < -0.39 is 0 Å². The van der Waals surface area contributed by atoms with Crippen molar-refractivity contribution in [3.05, 3.63) is 10.8 Å².